The lowest BCUT2D eigenvalue weighted by Crippen LogP contribution is -2.31. The summed E-state index contributed by atoms with van der Waals surface area (Å²) >= 11 is 0. The van der Waals surface area contributed by atoms with Gasteiger partial charge in [-0.15, -0.1) is 0 Å². The van der Waals surface area contributed by atoms with E-state index in [1.54, 1.807) is 12.1 Å². The molecule has 0 aliphatic heterocycles. The van der Waals surface area contributed by atoms with Crippen LogP contribution in [0.4, 0.5) is 5.69 Å². The van der Waals surface area contributed by atoms with Crippen molar-refractivity contribution in [3.8, 4) is 11.8 Å². The Balaban J connectivity index is 2.49. The van der Waals surface area contributed by atoms with E-state index in [9.17, 15) is 4.79 Å². The van der Waals surface area contributed by atoms with Crippen LogP contribution < -0.4 is 15.8 Å². The highest BCUT2D eigenvalue weighted by Crippen LogP contribution is 2.21. The largest absolute Gasteiger partial charge is 0.482 e. The molecule has 1 aromatic rings. The van der Waals surface area contributed by atoms with Gasteiger partial charge in [0.25, 0.3) is 5.91 Å². The Labute approximate surface area is 107 Å². The van der Waals surface area contributed by atoms with E-state index in [-0.39, 0.29) is 12.5 Å². The first kappa shape index (κ1) is 13.8. The van der Waals surface area contributed by atoms with Gasteiger partial charge in [0.05, 0.1) is 17.3 Å². The molecule has 0 aliphatic rings. The molecule has 0 bridgehead atoms. The average molecular weight is 247 g/mol. The van der Waals surface area contributed by atoms with Gasteiger partial charge in [-0.1, -0.05) is 13.8 Å². The molecular weight excluding hydrogens is 230 g/mol. The van der Waals surface area contributed by atoms with E-state index in [0.29, 0.717) is 29.5 Å². The molecule has 0 atom stereocenters. The lowest BCUT2D eigenvalue weighted by molar-refractivity contribution is -0.123. The lowest BCUT2D eigenvalue weighted by Gasteiger charge is -2.10. The fourth-order valence-electron chi connectivity index (χ4n) is 1.26. The highest BCUT2D eigenvalue weighted by molar-refractivity contribution is 5.77. The monoisotopic (exact) mass is 247 g/mol. The highest BCUT2D eigenvalue weighted by Gasteiger charge is 2.06. The molecule has 1 amide bonds. The molecule has 0 aromatic heterocycles. The van der Waals surface area contributed by atoms with E-state index in [0.717, 1.165) is 0 Å². The van der Waals surface area contributed by atoms with Crippen molar-refractivity contribution in [1.82, 2.24) is 5.32 Å². The number of hydrogen-bond acceptors (Lipinski definition) is 4. The molecule has 1 aromatic carbocycles. The topological polar surface area (TPSA) is 88.1 Å². The molecule has 96 valence electrons. The Morgan fingerprint density at radius 1 is 1.56 bits per heavy atom. The van der Waals surface area contributed by atoms with Crippen LogP contribution in [-0.2, 0) is 4.79 Å². The average Bonchev–Trinajstić information content (AvgIpc) is 2.34. The smallest absolute Gasteiger partial charge is 0.257 e. The van der Waals surface area contributed by atoms with Crippen molar-refractivity contribution >= 4 is 11.6 Å². The Kier molecular flexibility index (Phi) is 5.00. The maximum Gasteiger partial charge on any atom is 0.257 e. The third kappa shape index (κ3) is 4.34. The molecule has 0 heterocycles. The van der Waals surface area contributed by atoms with E-state index in [1.165, 1.54) is 6.07 Å². The van der Waals surface area contributed by atoms with Gasteiger partial charge in [-0.05, 0) is 24.1 Å². The zero-order valence-electron chi connectivity index (χ0n) is 10.6. The van der Waals surface area contributed by atoms with E-state index < -0.39 is 0 Å². The van der Waals surface area contributed by atoms with Crippen LogP contribution in [-0.4, -0.2) is 19.1 Å². The fourth-order valence-corrected chi connectivity index (χ4v) is 1.26. The number of nitrogens with one attached hydrogen (secondary N) is 1. The zero-order valence-corrected chi connectivity index (χ0v) is 10.6. The molecular formula is C13H17N3O2. The van der Waals surface area contributed by atoms with Gasteiger partial charge in [-0.3, -0.25) is 4.79 Å². The van der Waals surface area contributed by atoms with Gasteiger partial charge < -0.3 is 15.8 Å². The van der Waals surface area contributed by atoms with Crippen molar-refractivity contribution in [2.45, 2.75) is 13.8 Å². The number of nitriles is 1. The number of carbonyl (C=O) groups excluding carboxylic acids is 1. The van der Waals surface area contributed by atoms with Crippen molar-refractivity contribution in [1.29, 1.82) is 5.26 Å². The Morgan fingerprint density at radius 3 is 2.83 bits per heavy atom. The summed E-state index contributed by atoms with van der Waals surface area (Å²) in [4.78, 5) is 11.4. The van der Waals surface area contributed by atoms with Crippen molar-refractivity contribution in [3.63, 3.8) is 0 Å². The first-order valence-electron chi connectivity index (χ1n) is 5.72. The van der Waals surface area contributed by atoms with E-state index in [4.69, 9.17) is 15.7 Å². The Bertz CT molecular complexity index is 464. The summed E-state index contributed by atoms with van der Waals surface area (Å²) in [5, 5.41) is 11.4. The SMILES string of the molecule is CC(C)CNC(=O)COc1ccc(C#N)cc1N. The zero-order chi connectivity index (χ0) is 13.5. The molecule has 1 rings (SSSR count). The summed E-state index contributed by atoms with van der Waals surface area (Å²) in [5.41, 5.74) is 6.51. The third-order valence-electron chi connectivity index (χ3n) is 2.21. The molecule has 0 unspecified atom stereocenters. The van der Waals surface area contributed by atoms with Gasteiger partial charge in [0.1, 0.15) is 5.75 Å². The standard InChI is InChI=1S/C13H17N3O2/c1-9(2)7-16-13(17)8-18-12-4-3-10(6-14)5-11(12)15/h3-5,9H,7-8,15H2,1-2H3,(H,16,17). The van der Waals surface area contributed by atoms with Gasteiger partial charge in [-0.25, -0.2) is 0 Å². The number of anilines is 1. The second-order valence-electron chi connectivity index (χ2n) is 4.35. The van der Waals surface area contributed by atoms with Crippen molar-refractivity contribution in [2.24, 2.45) is 5.92 Å². The normalized spacial score (nSPS) is 9.89. The van der Waals surface area contributed by atoms with Gasteiger partial charge in [0, 0.05) is 6.54 Å². The van der Waals surface area contributed by atoms with Crippen LogP contribution in [0.1, 0.15) is 19.4 Å². The molecule has 0 radical (unpaired) electrons. The summed E-state index contributed by atoms with van der Waals surface area (Å²) in [7, 11) is 0. The Morgan fingerprint density at radius 2 is 2.28 bits per heavy atom. The maximum atomic E-state index is 11.4. The predicted molar refractivity (Wildman–Crippen MR) is 68.9 cm³/mol. The van der Waals surface area contributed by atoms with Crippen LogP contribution >= 0.6 is 0 Å². The Hall–Kier alpha value is -2.22. The first-order valence-corrected chi connectivity index (χ1v) is 5.72. The number of rotatable bonds is 5. The number of carbonyl (C=O) groups is 1. The number of nitrogen functional groups attached to an aromatic ring is 1. The fraction of sp³-hybridized carbons (Fsp3) is 0.385. The van der Waals surface area contributed by atoms with E-state index in [2.05, 4.69) is 5.32 Å². The number of benzene rings is 1. The van der Waals surface area contributed by atoms with Gasteiger partial charge in [0.15, 0.2) is 6.61 Å². The summed E-state index contributed by atoms with van der Waals surface area (Å²) in [5.74, 6) is 0.620. The molecule has 0 aliphatic carbocycles. The van der Waals surface area contributed by atoms with Crippen molar-refractivity contribution in [2.75, 3.05) is 18.9 Å². The molecule has 3 N–H and O–H groups in total. The van der Waals surface area contributed by atoms with E-state index in [1.807, 2.05) is 19.9 Å². The summed E-state index contributed by atoms with van der Waals surface area (Å²) in [6.45, 7) is 4.56. The molecule has 0 fully saturated rings. The molecule has 5 nitrogen and oxygen atoms in total. The van der Waals surface area contributed by atoms with Crippen LogP contribution in [0, 0.1) is 17.2 Å². The maximum absolute atomic E-state index is 11.4. The van der Waals surface area contributed by atoms with Crippen molar-refractivity contribution < 1.29 is 9.53 Å². The summed E-state index contributed by atoms with van der Waals surface area (Å²) in [6.07, 6.45) is 0. The van der Waals surface area contributed by atoms with Crippen molar-refractivity contribution in [3.05, 3.63) is 23.8 Å². The third-order valence-corrected chi connectivity index (χ3v) is 2.21. The quantitative estimate of drug-likeness (QED) is 0.767. The predicted octanol–water partition coefficient (Wildman–Crippen LogP) is 1.29. The number of ether oxygens (including phenoxy) is 1. The number of amides is 1. The molecule has 0 spiro atoms. The number of nitrogens with zero attached hydrogens (tertiary/aromatic N) is 1. The van der Waals surface area contributed by atoms with Crippen LogP contribution in [0.15, 0.2) is 18.2 Å². The second kappa shape index (κ2) is 6.50. The minimum atomic E-state index is -0.188. The van der Waals surface area contributed by atoms with Crippen LogP contribution in [0.3, 0.4) is 0 Å². The van der Waals surface area contributed by atoms with Gasteiger partial charge in [-0.2, -0.15) is 5.26 Å². The van der Waals surface area contributed by atoms with E-state index >= 15 is 0 Å². The lowest BCUT2D eigenvalue weighted by atomic mass is 10.2. The van der Waals surface area contributed by atoms with Crippen LogP contribution in [0.25, 0.3) is 0 Å². The minimum Gasteiger partial charge on any atom is -0.482 e. The van der Waals surface area contributed by atoms with Gasteiger partial charge >= 0.3 is 0 Å². The minimum absolute atomic E-state index is 0.0805. The number of hydrogen-bond donors (Lipinski definition) is 2. The van der Waals surface area contributed by atoms with Crippen LogP contribution in [0.2, 0.25) is 0 Å². The highest BCUT2D eigenvalue weighted by atomic mass is 16.5. The summed E-state index contributed by atoms with van der Waals surface area (Å²) in [6, 6.07) is 6.67. The molecule has 0 saturated heterocycles. The van der Waals surface area contributed by atoms with Gasteiger partial charge in [0.2, 0.25) is 0 Å². The molecule has 5 heteroatoms. The molecule has 0 saturated carbocycles. The van der Waals surface area contributed by atoms with Crippen LogP contribution in [0.5, 0.6) is 5.75 Å². The summed E-state index contributed by atoms with van der Waals surface area (Å²) < 4.78 is 5.28. The molecule has 18 heavy (non-hydrogen) atoms. The number of nitrogens with two attached hydrogens (primary N) is 1. The first-order chi connectivity index (χ1) is 8.52. The second-order valence-corrected chi connectivity index (χ2v) is 4.35.